The molecular formula is C17H16N4O2S. The standard InChI is InChI=1S/C17H16N4O2S/c1-2-23-13-6-3-11(4-7-13)10-19-21-16(22)12-5-8-14-15(9-12)24-17(18)20-14/h3-10H,2H2,1H3,(H2,18,20)(H,21,22)/b19-10-. The summed E-state index contributed by atoms with van der Waals surface area (Å²) in [5.41, 5.74) is 10.3. The summed E-state index contributed by atoms with van der Waals surface area (Å²) in [4.78, 5) is 16.3. The Morgan fingerprint density at radius 2 is 2.12 bits per heavy atom. The number of carbonyl (C=O) groups is 1. The molecule has 122 valence electrons. The number of rotatable bonds is 5. The third-order valence-corrected chi connectivity index (χ3v) is 4.09. The van der Waals surface area contributed by atoms with Crippen molar-refractivity contribution < 1.29 is 9.53 Å². The second-order valence-electron chi connectivity index (χ2n) is 4.94. The van der Waals surface area contributed by atoms with Gasteiger partial charge in [0.1, 0.15) is 5.75 Å². The number of benzene rings is 2. The predicted molar refractivity (Wildman–Crippen MR) is 96.7 cm³/mol. The van der Waals surface area contributed by atoms with Crippen LogP contribution < -0.4 is 15.9 Å². The fourth-order valence-corrected chi connectivity index (χ4v) is 2.90. The van der Waals surface area contributed by atoms with E-state index in [-0.39, 0.29) is 5.91 Å². The Morgan fingerprint density at radius 1 is 1.33 bits per heavy atom. The summed E-state index contributed by atoms with van der Waals surface area (Å²) in [5.74, 6) is 0.516. The first-order valence-electron chi connectivity index (χ1n) is 7.38. The third kappa shape index (κ3) is 3.69. The Hall–Kier alpha value is -2.93. The first-order chi connectivity index (χ1) is 11.7. The van der Waals surface area contributed by atoms with Gasteiger partial charge >= 0.3 is 0 Å². The van der Waals surface area contributed by atoms with E-state index in [4.69, 9.17) is 10.5 Å². The molecule has 0 atom stereocenters. The van der Waals surface area contributed by atoms with Crippen molar-refractivity contribution in [2.24, 2.45) is 5.10 Å². The number of nitrogens with two attached hydrogens (primary N) is 1. The van der Waals surface area contributed by atoms with Crippen LogP contribution in [0.3, 0.4) is 0 Å². The van der Waals surface area contributed by atoms with Crippen LogP contribution in [0.4, 0.5) is 5.13 Å². The van der Waals surface area contributed by atoms with Crippen molar-refractivity contribution in [1.29, 1.82) is 0 Å². The summed E-state index contributed by atoms with van der Waals surface area (Å²) in [6.45, 7) is 2.56. The molecule has 3 rings (SSSR count). The molecule has 3 N–H and O–H groups in total. The van der Waals surface area contributed by atoms with E-state index in [0.717, 1.165) is 21.5 Å². The maximum Gasteiger partial charge on any atom is 0.271 e. The molecule has 0 spiro atoms. The van der Waals surface area contributed by atoms with Crippen LogP contribution >= 0.6 is 11.3 Å². The van der Waals surface area contributed by atoms with E-state index in [1.54, 1.807) is 24.4 Å². The smallest absolute Gasteiger partial charge is 0.271 e. The highest BCUT2D eigenvalue weighted by Crippen LogP contribution is 2.24. The lowest BCUT2D eigenvalue weighted by molar-refractivity contribution is 0.0955. The number of aromatic nitrogens is 1. The van der Waals surface area contributed by atoms with Gasteiger partial charge in [-0.05, 0) is 55.0 Å². The van der Waals surface area contributed by atoms with Gasteiger partial charge in [-0.15, -0.1) is 0 Å². The maximum absolute atomic E-state index is 12.1. The van der Waals surface area contributed by atoms with Crippen molar-refractivity contribution in [3.63, 3.8) is 0 Å². The first-order valence-corrected chi connectivity index (χ1v) is 8.19. The zero-order valence-electron chi connectivity index (χ0n) is 13.0. The van der Waals surface area contributed by atoms with Gasteiger partial charge in [-0.1, -0.05) is 11.3 Å². The van der Waals surface area contributed by atoms with Crippen LogP contribution in [-0.2, 0) is 0 Å². The number of thiazole rings is 1. The van der Waals surface area contributed by atoms with Gasteiger partial charge in [0.2, 0.25) is 0 Å². The van der Waals surface area contributed by atoms with E-state index in [2.05, 4.69) is 15.5 Å². The summed E-state index contributed by atoms with van der Waals surface area (Å²) in [7, 11) is 0. The van der Waals surface area contributed by atoms with Crippen LogP contribution in [0.1, 0.15) is 22.8 Å². The Morgan fingerprint density at radius 3 is 2.88 bits per heavy atom. The lowest BCUT2D eigenvalue weighted by Gasteiger charge is -2.02. The second-order valence-corrected chi connectivity index (χ2v) is 6.00. The van der Waals surface area contributed by atoms with Crippen LogP contribution in [0.2, 0.25) is 0 Å². The number of amides is 1. The highest BCUT2D eigenvalue weighted by atomic mass is 32.1. The maximum atomic E-state index is 12.1. The van der Waals surface area contributed by atoms with Crippen LogP contribution in [0.15, 0.2) is 47.6 Å². The summed E-state index contributed by atoms with van der Waals surface area (Å²) in [6, 6.07) is 12.7. The van der Waals surface area contributed by atoms with Gasteiger partial charge in [0.05, 0.1) is 23.0 Å². The van der Waals surface area contributed by atoms with Crippen LogP contribution in [-0.4, -0.2) is 23.7 Å². The third-order valence-electron chi connectivity index (χ3n) is 3.24. The van der Waals surface area contributed by atoms with Gasteiger partial charge in [-0.3, -0.25) is 4.79 Å². The number of hydrogen-bond donors (Lipinski definition) is 2. The summed E-state index contributed by atoms with van der Waals surface area (Å²) in [5, 5.41) is 4.46. The van der Waals surface area contributed by atoms with E-state index < -0.39 is 0 Å². The van der Waals surface area contributed by atoms with E-state index in [1.165, 1.54) is 11.3 Å². The zero-order chi connectivity index (χ0) is 16.9. The molecule has 24 heavy (non-hydrogen) atoms. The first kappa shape index (κ1) is 15.9. The molecule has 6 nitrogen and oxygen atoms in total. The number of nitrogen functional groups attached to an aromatic ring is 1. The van der Waals surface area contributed by atoms with Crippen LogP contribution in [0.25, 0.3) is 10.2 Å². The van der Waals surface area contributed by atoms with E-state index in [0.29, 0.717) is 17.3 Å². The Labute approximate surface area is 143 Å². The van der Waals surface area contributed by atoms with E-state index in [9.17, 15) is 4.79 Å². The van der Waals surface area contributed by atoms with Crippen molar-refractivity contribution in [2.45, 2.75) is 6.92 Å². The molecule has 3 aromatic rings. The number of anilines is 1. The lowest BCUT2D eigenvalue weighted by atomic mass is 10.2. The van der Waals surface area contributed by atoms with Gasteiger partial charge in [0.25, 0.3) is 5.91 Å². The van der Waals surface area contributed by atoms with Crippen molar-refractivity contribution in [1.82, 2.24) is 10.4 Å². The number of nitrogens with zero attached hydrogens (tertiary/aromatic N) is 2. The molecule has 1 amide bonds. The fourth-order valence-electron chi connectivity index (χ4n) is 2.13. The number of ether oxygens (including phenoxy) is 1. The molecule has 0 saturated heterocycles. The molecular weight excluding hydrogens is 324 g/mol. The molecule has 0 saturated carbocycles. The topological polar surface area (TPSA) is 89.6 Å². The molecule has 0 aliphatic carbocycles. The number of hydrogen-bond acceptors (Lipinski definition) is 6. The fraction of sp³-hybridized carbons (Fsp3) is 0.118. The van der Waals surface area contributed by atoms with Gasteiger partial charge in [-0.25, -0.2) is 10.4 Å². The number of hydrazone groups is 1. The average molecular weight is 340 g/mol. The molecule has 1 aromatic heterocycles. The Balaban J connectivity index is 1.65. The number of fused-ring (bicyclic) bond motifs is 1. The van der Waals surface area contributed by atoms with E-state index >= 15 is 0 Å². The molecule has 0 aliphatic rings. The summed E-state index contributed by atoms with van der Waals surface area (Å²) in [6.07, 6.45) is 1.58. The van der Waals surface area contributed by atoms with Crippen molar-refractivity contribution in [3.05, 3.63) is 53.6 Å². The van der Waals surface area contributed by atoms with Crippen molar-refractivity contribution in [2.75, 3.05) is 12.3 Å². The minimum absolute atomic E-state index is 0.286. The number of nitrogens with one attached hydrogen (secondary N) is 1. The normalized spacial score (nSPS) is 11.0. The second kappa shape index (κ2) is 7.10. The Kier molecular flexibility index (Phi) is 4.72. The summed E-state index contributed by atoms with van der Waals surface area (Å²) >= 11 is 1.35. The molecule has 0 radical (unpaired) electrons. The van der Waals surface area contributed by atoms with Gasteiger partial charge < -0.3 is 10.5 Å². The van der Waals surface area contributed by atoms with Crippen molar-refractivity contribution in [3.8, 4) is 5.75 Å². The predicted octanol–water partition coefficient (Wildman–Crippen LogP) is 3.04. The van der Waals surface area contributed by atoms with Gasteiger partial charge in [0, 0.05) is 5.56 Å². The highest BCUT2D eigenvalue weighted by Gasteiger charge is 2.07. The minimum atomic E-state index is -0.286. The molecule has 1 heterocycles. The highest BCUT2D eigenvalue weighted by molar-refractivity contribution is 7.22. The SMILES string of the molecule is CCOc1ccc(/C=N\NC(=O)c2ccc3nc(N)sc3c2)cc1. The van der Waals surface area contributed by atoms with Gasteiger partial charge in [0.15, 0.2) is 5.13 Å². The molecule has 7 heteroatoms. The zero-order valence-corrected chi connectivity index (χ0v) is 13.8. The largest absolute Gasteiger partial charge is 0.494 e. The Bertz CT molecular complexity index is 887. The van der Waals surface area contributed by atoms with Crippen LogP contribution in [0, 0.1) is 0 Å². The lowest BCUT2D eigenvalue weighted by Crippen LogP contribution is -2.17. The molecule has 2 aromatic carbocycles. The monoisotopic (exact) mass is 340 g/mol. The van der Waals surface area contributed by atoms with Gasteiger partial charge in [-0.2, -0.15) is 5.10 Å². The molecule has 0 bridgehead atoms. The van der Waals surface area contributed by atoms with E-state index in [1.807, 2.05) is 31.2 Å². The quantitative estimate of drug-likeness (QED) is 0.552. The molecule has 0 aliphatic heterocycles. The van der Waals surface area contributed by atoms with Crippen LogP contribution in [0.5, 0.6) is 5.75 Å². The molecule has 0 fully saturated rings. The average Bonchev–Trinajstić information content (AvgIpc) is 2.95. The number of carbonyl (C=O) groups excluding carboxylic acids is 1. The summed E-state index contributed by atoms with van der Waals surface area (Å²) < 4.78 is 6.24. The van der Waals surface area contributed by atoms with Crippen molar-refractivity contribution >= 4 is 38.8 Å². The minimum Gasteiger partial charge on any atom is -0.494 e. The molecule has 0 unspecified atom stereocenters.